The number of para-hydroxylation sites is 2. The number of thiocarbonyl (C=S) groups is 1. The Morgan fingerprint density at radius 1 is 1.05 bits per heavy atom. The smallest absolute Gasteiger partial charge is 0.270 e. The van der Waals surface area contributed by atoms with E-state index in [0.717, 1.165) is 10.0 Å². The second-order valence-corrected chi connectivity index (χ2v) is 10.3. The third-order valence-electron chi connectivity index (χ3n) is 5.17. The summed E-state index contributed by atoms with van der Waals surface area (Å²) in [6.45, 7) is 2.14. The second kappa shape index (κ2) is 12.3. The van der Waals surface area contributed by atoms with Gasteiger partial charge in [0.05, 0.1) is 30.0 Å². The van der Waals surface area contributed by atoms with Gasteiger partial charge >= 0.3 is 0 Å². The molecular weight excluding hydrogens is 576 g/mol. The lowest BCUT2D eigenvalue weighted by Gasteiger charge is -2.14. The summed E-state index contributed by atoms with van der Waals surface area (Å²) in [4.78, 5) is 27.5. The molecule has 10 heteroatoms. The Labute approximate surface area is 232 Å². The van der Waals surface area contributed by atoms with E-state index in [0.29, 0.717) is 44.5 Å². The number of ether oxygens (including phenoxy) is 3. The molecule has 0 unspecified atom stereocenters. The van der Waals surface area contributed by atoms with Crippen LogP contribution in [0.4, 0.5) is 11.4 Å². The van der Waals surface area contributed by atoms with Gasteiger partial charge in [-0.2, -0.15) is 0 Å². The molecule has 0 saturated carbocycles. The summed E-state index contributed by atoms with van der Waals surface area (Å²) in [6, 6.07) is 19.8. The lowest BCUT2D eigenvalue weighted by Crippen LogP contribution is -2.27. The van der Waals surface area contributed by atoms with Gasteiger partial charge in [0.25, 0.3) is 11.8 Å². The standard InChI is InChI=1S/C27H23BrN2O5S2/c1-3-34-21-10-5-4-9-20(21)29-25(31)16-35-22-12-11-17(13-23(22)33-2)14-24-26(32)30(27(36)37-24)19-8-6-7-18(28)15-19/h4-15H,3,16H2,1-2H3,(H,29,31)/b24-14+. The molecule has 1 fully saturated rings. The van der Waals surface area contributed by atoms with Crippen LogP contribution in [0.5, 0.6) is 17.2 Å². The van der Waals surface area contributed by atoms with E-state index in [1.807, 2.05) is 43.3 Å². The van der Waals surface area contributed by atoms with E-state index in [2.05, 4.69) is 21.2 Å². The van der Waals surface area contributed by atoms with Crippen LogP contribution >= 0.6 is 39.9 Å². The molecule has 1 aliphatic rings. The summed E-state index contributed by atoms with van der Waals surface area (Å²) >= 11 is 10.1. The molecular formula is C27H23BrN2O5S2. The van der Waals surface area contributed by atoms with Crippen molar-refractivity contribution in [2.75, 3.05) is 30.5 Å². The fraction of sp³-hybridized carbons (Fsp3) is 0.148. The van der Waals surface area contributed by atoms with E-state index in [1.54, 1.807) is 36.4 Å². The maximum Gasteiger partial charge on any atom is 0.270 e. The number of rotatable bonds is 9. The highest BCUT2D eigenvalue weighted by atomic mass is 79.9. The number of carbonyl (C=O) groups excluding carboxylic acids is 2. The Kier molecular flexibility index (Phi) is 8.86. The molecule has 7 nitrogen and oxygen atoms in total. The first-order valence-corrected chi connectivity index (χ1v) is 13.3. The summed E-state index contributed by atoms with van der Waals surface area (Å²) in [5.74, 6) is 0.879. The van der Waals surface area contributed by atoms with Crippen molar-refractivity contribution in [3.8, 4) is 17.2 Å². The Balaban J connectivity index is 1.44. The molecule has 1 aliphatic heterocycles. The first-order valence-electron chi connectivity index (χ1n) is 11.3. The van der Waals surface area contributed by atoms with Gasteiger partial charge in [-0.05, 0) is 61.0 Å². The van der Waals surface area contributed by atoms with Gasteiger partial charge in [-0.3, -0.25) is 14.5 Å². The second-order valence-electron chi connectivity index (χ2n) is 7.67. The van der Waals surface area contributed by atoms with Gasteiger partial charge in [-0.1, -0.05) is 64.2 Å². The van der Waals surface area contributed by atoms with E-state index in [-0.39, 0.29) is 18.4 Å². The highest BCUT2D eigenvalue weighted by Crippen LogP contribution is 2.38. The van der Waals surface area contributed by atoms with Gasteiger partial charge in [-0.15, -0.1) is 0 Å². The Bertz CT molecular complexity index is 1380. The number of thioether (sulfide) groups is 1. The van der Waals surface area contributed by atoms with Crippen molar-refractivity contribution < 1.29 is 23.8 Å². The van der Waals surface area contributed by atoms with Crippen molar-refractivity contribution >= 4 is 73.5 Å². The Morgan fingerprint density at radius 2 is 1.86 bits per heavy atom. The third-order valence-corrected chi connectivity index (χ3v) is 6.96. The van der Waals surface area contributed by atoms with Gasteiger partial charge in [0.1, 0.15) is 5.75 Å². The normalized spacial score (nSPS) is 14.1. The fourth-order valence-electron chi connectivity index (χ4n) is 3.53. The molecule has 3 aromatic rings. The monoisotopic (exact) mass is 598 g/mol. The molecule has 4 rings (SSSR count). The third kappa shape index (κ3) is 6.51. The number of nitrogens with zero attached hydrogens (tertiary/aromatic N) is 1. The van der Waals surface area contributed by atoms with Gasteiger partial charge in [0.15, 0.2) is 22.4 Å². The van der Waals surface area contributed by atoms with E-state index >= 15 is 0 Å². The number of hydrogen-bond acceptors (Lipinski definition) is 7. The molecule has 1 N–H and O–H groups in total. The van der Waals surface area contributed by atoms with E-state index in [9.17, 15) is 9.59 Å². The average molecular weight is 600 g/mol. The number of benzene rings is 3. The quantitative estimate of drug-likeness (QED) is 0.229. The van der Waals surface area contributed by atoms with Gasteiger partial charge in [0.2, 0.25) is 0 Å². The van der Waals surface area contributed by atoms with Gasteiger partial charge < -0.3 is 19.5 Å². The first kappa shape index (κ1) is 26.7. The zero-order chi connectivity index (χ0) is 26.4. The van der Waals surface area contributed by atoms with Crippen molar-refractivity contribution in [1.29, 1.82) is 0 Å². The highest BCUT2D eigenvalue weighted by Gasteiger charge is 2.33. The van der Waals surface area contributed by atoms with Gasteiger partial charge in [-0.25, -0.2) is 0 Å². The maximum absolute atomic E-state index is 13.1. The number of anilines is 2. The number of carbonyl (C=O) groups is 2. The SMILES string of the molecule is CCOc1ccccc1NC(=O)COc1ccc(/C=C2/SC(=S)N(c3cccc(Br)c3)C2=O)cc1OC. The summed E-state index contributed by atoms with van der Waals surface area (Å²) in [6.07, 6.45) is 1.75. The highest BCUT2D eigenvalue weighted by molar-refractivity contribution is 9.10. The zero-order valence-corrected chi connectivity index (χ0v) is 23.2. The molecule has 1 heterocycles. The minimum Gasteiger partial charge on any atom is -0.493 e. The van der Waals surface area contributed by atoms with E-state index in [4.69, 9.17) is 26.4 Å². The van der Waals surface area contributed by atoms with Crippen molar-refractivity contribution in [1.82, 2.24) is 0 Å². The molecule has 0 aliphatic carbocycles. The number of halogens is 1. The minimum atomic E-state index is -0.338. The summed E-state index contributed by atoms with van der Waals surface area (Å²) in [5, 5.41) is 2.79. The lowest BCUT2D eigenvalue weighted by atomic mass is 10.2. The van der Waals surface area contributed by atoms with Crippen LogP contribution in [0.15, 0.2) is 76.1 Å². The Hall–Kier alpha value is -3.34. The van der Waals surface area contributed by atoms with Crippen molar-refractivity contribution in [3.63, 3.8) is 0 Å². The molecule has 0 spiro atoms. The molecule has 37 heavy (non-hydrogen) atoms. The Morgan fingerprint density at radius 3 is 2.62 bits per heavy atom. The van der Waals surface area contributed by atoms with Gasteiger partial charge in [0, 0.05) is 4.47 Å². The van der Waals surface area contributed by atoms with Crippen LogP contribution in [-0.4, -0.2) is 36.5 Å². The number of nitrogens with one attached hydrogen (secondary N) is 1. The topological polar surface area (TPSA) is 77.1 Å². The molecule has 0 bridgehead atoms. The van der Waals surface area contributed by atoms with Crippen LogP contribution in [0.1, 0.15) is 12.5 Å². The largest absolute Gasteiger partial charge is 0.493 e. The number of amides is 2. The molecule has 2 amide bonds. The van der Waals surface area contributed by atoms with E-state index < -0.39 is 0 Å². The molecule has 0 aromatic heterocycles. The predicted octanol–water partition coefficient (Wildman–Crippen LogP) is 6.28. The average Bonchev–Trinajstić information content (AvgIpc) is 3.16. The van der Waals surface area contributed by atoms with Crippen molar-refractivity contribution in [2.24, 2.45) is 0 Å². The van der Waals surface area contributed by atoms with Crippen LogP contribution in [0.25, 0.3) is 6.08 Å². The zero-order valence-electron chi connectivity index (χ0n) is 20.0. The van der Waals surface area contributed by atoms with Crippen LogP contribution in [-0.2, 0) is 9.59 Å². The van der Waals surface area contributed by atoms with Crippen LogP contribution in [0.2, 0.25) is 0 Å². The maximum atomic E-state index is 13.1. The summed E-state index contributed by atoms with van der Waals surface area (Å²) in [7, 11) is 1.51. The summed E-state index contributed by atoms with van der Waals surface area (Å²) in [5.41, 5.74) is 2.00. The summed E-state index contributed by atoms with van der Waals surface area (Å²) < 4.78 is 18.0. The van der Waals surface area contributed by atoms with Crippen LogP contribution in [0.3, 0.4) is 0 Å². The molecule has 0 atom stereocenters. The number of hydrogen-bond donors (Lipinski definition) is 1. The molecule has 3 aromatic carbocycles. The minimum absolute atomic E-state index is 0.198. The predicted molar refractivity (Wildman–Crippen MR) is 155 cm³/mol. The van der Waals surface area contributed by atoms with Crippen molar-refractivity contribution in [2.45, 2.75) is 6.92 Å². The fourth-order valence-corrected chi connectivity index (χ4v) is 5.22. The van der Waals surface area contributed by atoms with E-state index in [1.165, 1.54) is 23.8 Å². The van der Waals surface area contributed by atoms with Crippen LogP contribution in [0, 0.1) is 0 Å². The van der Waals surface area contributed by atoms with Crippen molar-refractivity contribution in [3.05, 3.63) is 81.7 Å². The number of methoxy groups -OCH3 is 1. The van der Waals surface area contributed by atoms with Crippen LogP contribution < -0.4 is 24.4 Å². The molecule has 190 valence electrons. The molecule has 0 radical (unpaired) electrons. The molecule has 1 saturated heterocycles. The first-order chi connectivity index (χ1) is 17.9. The lowest BCUT2D eigenvalue weighted by molar-refractivity contribution is -0.118.